The molecule has 0 atom stereocenters. The Morgan fingerprint density at radius 3 is 2.47 bits per heavy atom. The zero-order chi connectivity index (χ0) is 12.7. The van der Waals surface area contributed by atoms with Gasteiger partial charge in [-0.25, -0.2) is 4.39 Å². The van der Waals surface area contributed by atoms with Gasteiger partial charge in [-0.15, -0.1) is 0 Å². The van der Waals surface area contributed by atoms with E-state index in [0.29, 0.717) is 6.54 Å². The second-order valence-corrected chi connectivity index (χ2v) is 5.43. The Morgan fingerprint density at radius 1 is 1.24 bits per heavy atom. The lowest BCUT2D eigenvalue weighted by Crippen LogP contribution is -2.05. The maximum Gasteiger partial charge on any atom is 0.145 e. The third-order valence-electron chi connectivity index (χ3n) is 2.17. The fraction of sp³-hybridized carbons (Fsp3) is 0.455. The van der Waals surface area contributed by atoms with Gasteiger partial charge in [-0.1, -0.05) is 21.6 Å². The Hall–Kier alpha value is -0.590. The van der Waals surface area contributed by atoms with Gasteiger partial charge in [0.2, 0.25) is 0 Å². The minimum Gasteiger partial charge on any atom is -0.496 e. The van der Waals surface area contributed by atoms with Crippen LogP contribution < -0.4 is 15.2 Å². The predicted molar refractivity (Wildman–Crippen MR) is 71.7 cm³/mol. The van der Waals surface area contributed by atoms with Crippen molar-refractivity contribution in [3.8, 4) is 11.5 Å². The van der Waals surface area contributed by atoms with E-state index in [1.807, 2.05) is 12.1 Å². The molecule has 0 spiro atoms. The molecule has 0 amide bonds. The summed E-state index contributed by atoms with van der Waals surface area (Å²) in [4.78, 5) is 0.854. The number of hydrogen-bond acceptors (Lipinski definition) is 5. The van der Waals surface area contributed by atoms with E-state index >= 15 is 0 Å². The molecule has 0 fully saturated rings. The minimum atomic E-state index is -0.444. The number of benzene rings is 1. The van der Waals surface area contributed by atoms with E-state index in [-0.39, 0.29) is 0 Å². The van der Waals surface area contributed by atoms with Crippen LogP contribution in [-0.2, 0) is 6.42 Å². The average Bonchev–Trinajstić information content (AvgIpc) is 2.36. The zero-order valence-electron chi connectivity index (χ0n) is 9.86. The first-order valence-corrected chi connectivity index (χ1v) is 7.39. The van der Waals surface area contributed by atoms with Crippen LogP contribution in [0.25, 0.3) is 0 Å². The van der Waals surface area contributed by atoms with E-state index in [9.17, 15) is 4.39 Å². The standard InChI is InChI=1S/C11H16FNO2S2/c1-14-9-6-11(17-16-7-12)10(15-2)5-8(9)3-4-13/h5-6H,3-4,7,13H2,1-2H3. The summed E-state index contributed by atoms with van der Waals surface area (Å²) < 4.78 is 22.7. The minimum absolute atomic E-state index is 0.444. The highest BCUT2D eigenvalue weighted by atomic mass is 33.1. The molecule has 1 aromatic carbocycles. The molecule has 0 radical (unpaired) electrons. The summed E-state index contributed by atoms with van der Waals surface area (Å²) in [5.41, 5.74) is 6.54. The van der Waals surface area contributed by atoms with Crippen molar-refractivity contribution in [1.29, 1.82) is 0 Å². The molecule has 0 saturated carbocycles. The normalized spacial score (nSPS) is 10.4. The lowest BCUT2D eigenvalue weighted by Gasteiger charge is -2.13. The van der Waals surface area contributed by atoms with Crippen molar-refractivity contribution >= 4 is 21.6 Å². The molecular weight excluding hydrogens is 261 g/mol. The van der Waals surface area contributed by atoms with Gasteiger partial charge in [-0.05, 0) is 30.7 Å². The van der Waals surface area contributed by atoms with Crippen molar-refractivity contribution in [2.75, 3.05) is 26.8 Å². The second-order valence-electron chi connectivity index (χ2n) is 3.16. The van der Waals surface area contributed by atoms with E-state index in [0.717, 1.165) is 39.2 Å². The van der Waals surface area contributed by atoms with E-state index in [2.05, 4.69) is 0 Å². The van der Waals surface area contributed by atoms with Gasteiger partial charge in [0.05, 0.1) is 19.1 Å². The summed E-state index contributed by atoms with van der Waals surface area (Å²) in [6.07, 6.45) is 0.723. The van der Waals surface area contributed by atoms with Crippen LogP contribution in [0, 0.1) is 0 Å². The Kier molecular flexibility index (Phi) is 6.54. The zero-order valence-corrected chi connectivity index (χ0v) is 11.5. The summed E-state index contributed by atoms with van der Waals surface area (Å²) in [6.45, 7) is 0.547. The monoisotopic (exact) mass is 277 g/mol. The summed E-state index contributed by atoms with van der Waals surface area (Å²) in [7, 11) is 5.66. The molecule has 0 aliphatic rings. The van der Waals surface area contributed by atoms with Crippen LogP contribution in [0.1, 0.15) is 5.56 Å². The van der Waals surface area contributed by atoms with Gasteiger partial charge in [-0.3, -0.25) is 0 Å². The summed E-state index contributed by atoms with van der Waals surface area (Å²) >= 11 is 0. The molecule has 6 heteroatoms. The van der Waals surface area contributed by atoms with Crippen LogP contribution in [0.4, 0.5) is 4.39 Å². The van der Waals surface area contributed by atoms with Crippen LogP contribution in [-0.4, -0.2) is 26.8 Å². The van der Waals surface area contributed by atoms with Crippen LogP contribution in [0.5, 0.6) is 11.5 Å². The van der Waals surface area contributed by atoms with Crippen molar-refractivity contribution in [3.05, 3.63) is 17.7 Å². The maximum absolute atomic E-state index is 12.2. The highest BCUT2D eigenvalue weighted by Gasteiger charge is 2.11. The van der Waals surface area contributed by atoms with Crippen molar-refractivity contribution in [3.63, 3.8) is 0 Å². The Labute approximate surface area is 109 Å². The van der Waals surface area contributed by atoms with Gasteiger partial charge >= 0.3 is 0 Å². The van der Waals surface area contributed by atoms with Crippen molar-refractivity contribution in [1.82, 2.24) is 0 Å². The first-order valence-electron chi connectivity index (χ1n) is 5.07. The molecule has 0 aromatic heterocycles. The average molecular weight is 277 g/mol. The van der Waals surface area contributed by atoms with E-state index < -0.39 is 6.01 Å². The molecule has 3 nitrogen and oxygen atoms in total. The summed E-state index contributed by atoms with van der Waals surface area (Å²) in [5.74, 6) is 1.48. The number of ether oxygens (including phenoxy) is 2. The third-order valence-corrected chi connectivity index (χ3v) is 4.04. The number of hydrogen-bond donors (Lipinski definition) is 1. The topological polar surface area (TPSA) is 44.5 Å². The van der Waals surface area contributed by atoms with Crippen molar-refractivity contribution in [2.24, 2.45) is 5.73 Å². The van der Waals surface area contributed by atoms with Crippen LogP contribution >= 0.6 is 21.6 Å². The number of methoxy groups -OCH3 is 2. The Morgan fingerprint density at radius 2 is 1.94 bits per heavy atom. The van der Waals surface area contributed by atoms with Crippen LogP contribution in [0.2, 0.25) is 0 Å². The highest BCUT2D eigenvalue weighted by Crippen LogP contribution is 2.41. The third kappa shape index (κ3) is 3.97. The number of rotatable bonds is 7. The molecule has 0 saturated heterocycles. The number of halogens is 1. The largest absolute Gasteiger partial charge is 0.496 e. The molecule has 0 bridgehead atoms. The smallest absolute Gasteiger partial charge is 0.145 e. The van der Waals surface area contributed by atoms with Gasteiger partial charge < -0.3 is 15.2 Å². The molecule has 17 heavy (non-hydrogen) atoms. The Balaban J connectivity index is 3.04. The van der Waals surface area contributed by atoms with Gasteiger partial charge in [0.15, 0.2) is 0 Å². The van der Waals surface area contributed by atoms with Gasteiger partial charge in [0.25, 0.3) is 0 Å². The Bertz CT molecular complexity index is 364. The quantitative estimate of drug-likeness (QED) is 0.776. The van der Waals surface area contributed by atoms with E-state index in [1.54, 1.807) is 14.2 Å². The first kappa shape index (κ1) is 14.5. The van der Waals surface area contributed by atoms with Crippen molar-refractivity contribution < 1.29 is 13.9 Å². The van der Waals surface area contributed by atoms with Gasteiger partial charge in [-0.2, -0.15) is 0 Å². The number of nitrogens with two attached hydrogens (primary N) is 1. The lowest BCUT2D eigenvalue weighted by atomic mass is 10.1. The fourth-order valence-electron chi connectivity index (χ4n) is 1.43. The van der Waals surface area contributed by atoms with Crippen molar-refractivity contribution in [2.45, 2.75) is 11.3 Å². The second kappa shape index (κ2) is 7.68. The lowest BCUT2D eigenvalue weighted by molar-refractivity contribution is 0.390. The van der Waals surface area contributed by atoms with Crippen LogP contribution in [0.15, 0.2) is 17.0 Å². The van der Waals surface area contributed by atoms with Gasteiger partial charge in [0.1, 0.15) is 17.5 Å². The molecule has 0 heterocycles. The van der Waals surface area contributed by atoms with E-state index in [4.69, 9.17) is 15.2 Å². The molecular formula is C11H16FNO2S2. The SMILES string of the molecule is COc1cc(SSCF)c(OC)cc1CCN. The molecule has 0 aliphatic carbocycles. The fourth-order valence-corrected chi connectivity index (χ4v) is 2.89. The maximum atomic E-state index is 12.2. The molecule has 0 unspecified atom stereocenters. The molecule has 96 valence electrons. The summed E-state index contributed by atoms with van der Waals surface area (Å²) in [5, 5.41) is 0. The van der Waals surface area contributed by atoms with E-state index in [1.165, 1.54) is 10.8 Å². The first-order chi connectivity index (χ1) is 8.26. The predicted octanol–water partition coefficient (Wildman–Crippen LogP) is 2.87. The molecule has 1 aromatic rings. The molecule has 1 rings (SSSR count). The highest BCUT2D eigenvalue weighted by molar-refractivity contribution is 8.76. The van der Waals surface area contributed by atoms with Crippen LogP contribution in [0.3, 0.4) is 0 Å². The summed E-state index contributed by atoms with van der Waals surface area (Å²) in [6, 6.07) is 3.31. The van der Waals surface area contributed by atoms with Gasteiger partial charge in [0, 0.05) is 0 Å². The molecule has 2 N–H and O–H groups in total. The number of alkyl halides is 1. The molecule has 0 aliphatic heterocycles.